The summed E-state index contributed by atoms with van der Waals surface area (Å²) in [5.74, 6) is -0.0244. The number of anilines is 3. The topological polar surface area (TPSA) is 93.3 Å². The van der Waals surface area contributed by atoms with Gasteiger partial charge >= 0.3 is 12.2 Å². The molecule has 1 aliphatic heterocycles. The summed E-state index contributed by atoms with van der Waals surface area (Å²) in [6, 6.07) is 7.67. The van der Waals surface area contributed by atoms with E-state index in [0.717, 1.165) is 6.07 Å². The van der Waals surface area contributed by atoms with Crippen LogP contribution in [0.4, 0.5) is 35.3 Å². The molecule has 1 aliphatic rings. The van der Waals surface area contributed by atoms with E-state index >= 15 is 0 Å². The van der Waals surface area contributed by atoms with Gasteiger partial charge in [0, 0.05) is 37.4 Å². The van der Waals surface area contributed by atoms with Gasteiger partial charge in [0.15, 0.2) is 11.6 Å². The minimum Gasteiger partial charge on any atom is -0.458 e. The molecule has 0 saturated carbocycles. The summed E-state index contributed by atoms with van der Waals surface area (Å²) in [7, 11) is 0. The first kappa shape index (κ1) is 22.5. The van der Waals surface area contributed by atoms with Crippen LogP contribution >= 0.6 is 0 Å². The summed E-state index contributed by atoms with van der Waals surface area (Å²) < 4.78 is 59.2. The Morgan fingerprint density at radius 1 is 1.09 bits per heavy atom. The van der Waals surface area contributed by atoms with Crippen molar-refractivity contribution < 1.29 is 22.3 Å². The second kappa shape index (κ2) is 9.04. The minimum absolute atomic E-state index is 0.0510. The summed E-state index contributed by atoms with van der Waals surface area (Å²) in [5, 5.41) is 0. The van der Waals surface area contributed by atoms with E-state index in [4.69, 9.17) is 10.5 Å². The number of nitrogens with zero attached hydrogens (tertiary/aromatic N) is 6. The van der Waals surface area contributed by atoms with Gasteiger partial charge in [0.1, 0.15) is 6.61 Å². The molecule has 3 heterocycles. The van der Waals surface area contributed by atoms with Crippen LogP contribution in [0.1, 0.15) is 18.1 Å². The van der Waals surface area contributed by atoms with Gasteiger partial charge in [-0.1, -0.05) is 18.2 Å². The monoisotopic (exact) mass is 463 g/mol. The standard InChI is InChI=1S/C21H21F4N7O/c1-13-11-31(17-16(22)7-4-8-27-17)9-10-32(13)19-28-18(26)29-20(30-19)33-12-14-5-2-3-6-15(14)21(23,24)25/h2-8,13H,9-12H2,1H3,(H2,26,28,29,30). The van der Waals surface area contributed by atoms with Crippen LogP contribution in [-0.4, -0.2) is 45.6 Å². The summed E-state index contributed by atoms with van der Waals surface area (Å²) >= 11 is 0. The normalized spacial score (nSPS) is 16.7. The van der Waals surface area contributed by atoms with Gasteiger partial charge in [0.2, 0.25) is 11.9 Å². The average molecular weight is 463 g/mol. The number of alkyl halides is 3. The van der Waals surface area contributed by atoms with Crippen LogP contribution in [0.2, 0.25) is 0 Å². The fraction of sp³-hybridized carbons (Fsp3) is 0.333. The predicted molar refractivity (Wildman–Crippen MR) is 113 cm³/mol. The molecular weight excluding hydrogens is 442 g/mol. The highest BCUT2D eigenvalue weighted by Gasteiger charge is 2.33. The van der Waals surface area contributed by atoms with E-state index in [2.05, 4.69) is 19.9 Å². The van der Waals surface area contributed by atoms with Gasteiger partial charge < -0.3 is 20.3 Å². The number of piperazine rings is 1. The lowest BCUT2D eigenvalue weighted by atomic mass is 10.1. The van der Waals surface area contributed by atoms with Gasteiger partial charge in [-0.05, 0) is 25.1 Å². The van der Waals surface area contributed by atoms with Crippen molar-refractivity contribution in [2.75, 3.05) is 35.2 Å². The maximum absolute atomic E-state index is 14.1. The molecule has 174 valence electrons. The number of nitrogens with two attached hydrogens (primary N) is 1. The molecule has 1 saturated heterocycles. The molecule has 8 nitrogen and oxygen atoms in total. The Morgan fingerprint density at radius 3 is 2.61 bits per heavy atom. The van der Waals surface area contributed by atoms with E-state index in [-0.39, 0.29) is 41.9 Å². The van der Waals surface area contributed by atoms with Crippen LogP contribution in [0.5, 0.6) is 6.01 Å². The Balaban J connectivity index is 1.49. The molecule has 4 rings (SSSR count). The van der Waals surface area contributed by atoms with Gasteiger partial charge in [0.05, 0.1) is 5.56 Å². The van der Waals surface area contributed by atoms with E-state index in [0.29, 0.717) is 19.6 Å². The zero-order chi connectivity index (χ0) is 23.6. The van der Waals surface area contributed by atoms with Gasteiger partial charge in [-0.2, -0.15) is 28.1 Å². The minimum atomic E-state index is -4.51. The van der Waals surface area contributed by atoms with Crippen molar-refractivity contribution in [2.45, 2.75) is 25.7 Å². The number of nitrogen functional groups attached to an aromatic ring is 1. The van der Waals surface area contributed by atoms with E-state index in [1.54, 1.807) is 0 Å². The first-order valence-corrected chi connectivity index (χ1v) is 10.1. The average Bonchev–Trinajstić information content (AvgIpc) is 2.77. The Hall–Kier alpha value is -3.70. The number of rotatable bonds is 5. The third kappa shape index (κ3) is 5.04. The smallest absolute Gasteiger partial charge is 0.416 e. The van der Waals surface area contributed by atoms with E-state index in [9.17, 15) is 17.6 Å². The Kier molecular flexibility index (Phi) is 6.16. The summed E-state index contributed by atoms with van der Waals surface area (Å²) in [6.07, 6.45) is -2.98. The SMILES string of the molecule is CC1CN(c2ncccc2F)CCN1c1nc(N)nc(OCc2ccccc2C(F)(F)F)n1. The Bertz CT molecular complexity index is 1130. The summed E-state index contributed by atoms with van der Waals surface area (Å²) in [6.45, 7) is 2.87. The third-order valence-corrected chi connectivity index (χ3v) is 5.22. The molecule has 0 bridgehead atoms. The summed E-state index contributed by atoms with van der Waals surface area (Å²) in [4.78, 5) is 20.1. The highest BCUT2D eigenvalue weighted by atomic mass is 19.4. The molecule has 1 fully saturated rings. The lowest BCUT2D eigenvalue weighted by Gasteiger charge is -2.40. The van der Waals surface area contributed by atoms with Crippen LogP contribution in [-0.2, 0) is 12.8 Å². The highest BCUT2D eigenvalue weighted by molar-refractivity contribution is 5.45. The van der Waals surface area contributed by atoms with Crippen molar-refractivity contribution in [1.82, 2.24) is 19.9 Å². The van der Waals surface area contributed by atoms with Gasteiger partial charge in [-0.25, -0.2) is 9.37 Å². The number of hydrogen-bond acceptors (Lipinski definition) is 8. The van der Waals surface area contributed by atoms with Crippen molar-refractivity contribution in [3.63, 3.8) is 0 Å². The van der Waals surface area contributed by atoms with Crippen LogP contribution in [0.25, 0.3) is 0 Å². The number of hydrogen-bond donors (Lipinski definition) is 1. The number of halogens is 4. The van der Waals surface area contributed by atoms with Crippen molar-refractivity contribution >= 4 is 17.7 Å². The summed E-state index contributed by atoms with van der Waals surface area (Å²) in [5.41, 5.74) is 4.96. The molecule has 2 aromatic heterocycles. The van der Waals surface area contributed by atoms with Crippen LogP contribution in [0.3, 0.4) is 0 Å². The van der Waals surface area contributed by atoms with Crippen LogP contribution in [0.15, 0.2) is 42.6 Å². The lowest BCUT2D eigenvalue weighted by molar-refractivity contribution is -0.138. The largest absolute Gasteiger partial charge is 0.458 e. The van der Waals surface area contributed by atoms with Gasteiger partial charge in [-0.3, -0.25) is 0 Å². The van der Waals surface area contributed by atoms with Crippen molar-refractivity contribution in [3.05, 3.63) is 59.5 Å². The molecule has 0 radical (unpaired) electrons. The van der Waals surface area contributed by atoms with Gasteiger partial charge in [-0.15, -0.1) is 0 Å². The number of ether oxygens (including phenoxy) is 1. The molecular formula is C21H21F4N7O. The highest BCUT2D eigenvalue weighted by Crippen LogP contribution is 2.32. The van der Waals surface area contributed by atoms with E-state index < -0.39 is 17.6 Å². The second-order valence-corrected chi connectivity index (χ2v) is 7.52. The third-order valence-electron chi connectivity index (χ3n) is 5.22. The maximum atomic E-state index is 14.1. The Morgan fingerprint density at radius 2 is 1.88 bits per heavy atom. The number of aromatic nitrogens is 4. The molecule has 1 aromatic carbocycles. The van der Waals surface area contributed by atoms with Crippen molar-refractivity contribution in [2.24, 2.45) is 0 Å². The molecule has 12 heteroatoms. The zero-order valence-electron chi connectivity index (χ0n) is 17.6. The van der Waals surface area contributed by atoms with Crippen LogP contribution < -0.4 is 20.3 Å². The molecule has 1 unspecified atom stereocenters. The van der Waals surface area contributed by atoms with Gasteiger partial charge in [0.25, 0.3) is 0 Å². The fourth-order valence-corrected chi connectivity index (χ4v) is 3.68. The lowest BCUT2D eigenvalue weighted by Crippen LogP contribution is -2.53. The van der Waals surface area contributed by atoms with Crippen molar-refractivity contribution in [1.29, 1.82) is 0 Å². The van der Waals surface area contributed by atoms with E-state index in [1.165, 1.54) is 36.5 Å². The van der Waals surface area contributed by atoms with Crippen LogP contribution in [0, 0.1) is 5.82 Å². The van der Waals surface area contributed by atoms with Crippen molar-refractivity contribution in [3.8, 4) is 6.01 Å². The fourth-order valence-electron chi connectivity index (χ4n) is 3.68. The number of benzene rings is 1. The number of pyridine rings is 1. The Labute approximate surface area is 187 Å². The molecule has 0 spiro atoms. The second-order valence-electron chi connectivity index (χ2n) is 7.52. The zero-order valence-corrected chi connectivity index (χ0v) is 17.6. The molecule has 0 amide bonds. The molecule has 33 heavy (non-hydrogen) atoms. The van der Waals surface area contributed by atoms with E-state index in [1.807, 2.05) is 16.7 Å². The molecule has 1 atom stereocenters. The maximum Gasteiger partial charge on any atom is 0.416 e. The first-order chi connectivity index (χ1) is 15.7. The molecule has 3 aromatic rings. The first-order valence-electron chi connectivity index (χ1n) is 10.1. The molecule has 2 N–H and O–H groups in total. The quantitative estimate of drug-likeness (QED) is 0.577. The predicted octanol–water partition coefficient (Wildman–Crippen LogP) is 3.30. The molecule has 0 aliphatic carbocycles.